The molecule has 0 bridgehead atoms. The molecular formula is C22H30N6O2. The van der Waals surface area contributed by atoms with Crippen LogP contribution >= 0.6 is 0 Å². The second kappa shape index (κ2) is 11.2. The van der Waals surface area contributed by atoms with E-state index in [0.717, 1.165) is 54.0 Å². The lowest BCUT2D eigenvalue weighted by atomic mass is 10.3. The lowest BCUT2D eigenvalue weighted by Gasteiger charge is -2.11. The van der Waals surface area contributed by atoms with Crippen LogP contribution < -0.4 is 10.6 Å². The van der Waals surface area contributed by atoms with Crippen LogP contribution in [0.5, 0.6) is 0 Å². The molecule has 0 unspecified atom stereocenters. The molecule has 0 saturated heterocycles. The summed E-state index contributed by atoms with van der Waals surface area (Å²) < 4.78 is 12.7. The molecule has 8 heteroatoms. The highest BCUT2D eigenvalue weighted by atomic mass is 16.5. The monoisotopic (exact) mass is 410 g/mol. The van der Waals surface area contributed by atoms with Gasteiger partial charge in [0.1, 0.15) is 12.4 Å². The van der Waals surface area contributed by atoms with Crippen LogP contribution in [0.4, 0.5) is 0 Å². The lowest BCUT2D eigenvalue weighted by molar-refractivity contribution is 0.105. The molecule has 0 fully saturated rings. The number of aromatic nitrogens is 3. The highest BCUT2D eigenvalue weighted by Gasteiger charge is 2.05. The molecule has 0 amide bonds. The molecule has 0 radical (unpaired) electrons. The summed E-state index contributed by atoms with van der Waals surface area (Å²) in [7, 11) is 0. The SMILES string of the molecule is CCNC(=NCc1ccc(-n2nc(C)cc2C)nc1)NCCCOCc1ccco1. The van der Waals surface area contributed by atoms with E-state index in [-0.39, 0.29) is 0 Å². The van der Waals surface area contributed by atoms with Crippen LogP contribution in [0.15, 0.2) is 52.2 Å². The summed E-state index contributed by atoms with van der Waals surface area (Å²) in [5.41, 5.74) is 3.09. The molecule has 2 N–H and O–H groups in total. The number of hydrogen-bond donors (Lipinski definition) is 2. The first-order valence-electron chi connectivity index (χ1n) is 10.3. The molecule has 0 aliphatic heterocycles. The van der Waals surface area contributed by atoms with Gasteiger partial charge in [0.2, 0.25) is 0 Å². The van der Waals surface area contributed by atoms with E-state index < -0.39 is 0 Å². The van der Waals surface area contributed by atoms with Crippen molar-refractivity contribution in [3.8, 4) is 5.82 Å². The van der Waals surface area contributed by atoms with Gasteiger partial charge in [-0.15, -0.1) is 0 Å². The summed E-state index contributed by atoms with van der Waals surface area (Å²) in [6.45, 7) is 9.34. The molecule has 8 nitrogen and oxygen atoms in total. The predicted octanol–water partition coefficient (Wildman–Crippen LogP) is 3.14. The van der Waals surface area contributed by atoms with E-state index in [1.807, 2.05) is 55.1 Å². The molecule has 3 rings (SSSR count). The zero-order chi connectivity index (χ0) is 21.2. The minimum atomic E-state index is 0.502. The number of aliphatic imine (C=N–C) groups is 1. The summed E-state index contributed by atoms with van der Waals surface area (Å²) in [6, 6.07) is 9.82. The Morgan fingerprint density at radius 3 is 2.80 bits per heavy atom. The van der Waals surface area contributed by atoms with Crippen LogP contribution in [0.25, 0.3) is 5.82 Å². The van der Waals surface area contributed by atoms with E-state index in [1.165, 1.54) is 0 Å². The van der Waals surface area contributed by atoms with Gasteiger partial charge in [-0.2, -0.15) is 5.10 Å². The summed E-state index contributed by atoms with van der Waals surface area (Å²) >= 11 is 0. The summed E-state index contributed by atoms with van der Waals surface area (Å²) in [6.07, 6.45) is 4.38. The fourth-order valence-corrected chi connectivity index (χ4v) is 2.96. The number of nitrogens with zero attached hydrogens (tertiary/aromatic N) is 4. The van der Waals surface area contributed by atoms with Crippen molar-refractivity contribution in [2.24, 2.45) is 4.99 Å². The van der Waals surface area contributed by atoms with Gasteiger partial charge in [-0.05, 0) is 57.0 Å². The van der Waals surface area contributed by atoms with Gasteiger partial charge in [-0.25, -0.2) is 14.7 Å². The minimum absolute atomic E-state index is 0.502. The van der Waals surface area contributed by atoms with E-state index >= 15 is 0 Å². The second-order valence-electron chi connectivity index (χ2n) is 6.97. The number of ether oxygens (including phenoxy) is 1. The molecule has 160 valence electrons. The average molecular weight is 411 g/mol. The molecule has 3 aromatic rings. The smallest absolute Gasteiger partial charge is 0.191 e. The number of furan rings is 1. The van der Waals surface area contributed by atoms with Crippen molar-refractivity contribution < 1.29 is 9.15 Å². The fraction of sp³-hybridized carbons (Fsp3) is 0.409. The van der Waals surface area contributed by atoms with Crippen molar-refractivity contribution >= 4 is 5.96 Å². The molecule has 3 aromatic heterocycles. The molecule has 0 atom stereocenters. The Bertz CT molecular complexity index is 916. The number of rotatable bonds is 10. The maximum Gasteiger partial charge on any atom is 0.191 e. The maximum absolute atomic E-state index is 5.60. The predicted molar refractivity (Wildman–Crippen MR) is 117 cm³/mol. The second-order valence-corrected chi connectivity index (χ2v) is 6.97. The Morgan fingerprint density at radius 1 is 1.23 bits per heavy atom. The average Bonchev–Trinajstić information content (AvgIpc) is 3.38. The van der Waals surface area contributed by atoms with Gasteiger partial charge in [0.25, 0.3) is 0 Å². The number of nitrogens with one attached hydrogen (secondary N) is 2. The minimum Gasteiger partial charge on any atom is -0.467 e. The highest BCUT2D eigenvalue weighted by Crippen LogP contribution is 2.10. The van der Waals surface area contributed by atoms with Crippen LogP contribution in [0.1, 0.15) is 36.1 Å². The van der Waals surface area contributed by atoms with Gasteiger partial charge >= 0.3 is 0 Å². The van der Waals surface area contributed by atoms with Crippen LogP contribution in [-0.4, -0.2) is 40.4 Å². The third-order valence-electron chi connectivity index (χ3n) is 4.38. The fourth-order valence-electron chi connectivity index (χ4n) is 2.96. The van der Waals surface area contributed by atoms with Gasteiger partial charge < -0.3 is 19.8 Å². The van der Waals surface area contributed by atoms with E-state index in [2.05, 4.69) is 32.6 Å². The summed E-state index contributed by atoms with van der Waals surface area (Å²) in [5.74, 6) is 2.44. The number of pyridine rings is 1. The summed E-state index contributed by atoms with van der Waals surface area (Å²) in [4.78, 5) is 9.17. The van der Waals surface area contributed by atoms with Crippen LogP contribution in [-0.2, 0) is 17.9 Å². The van der Waals surface area contributed by atoms with Crippen molar-refractivity contribution in [3.05, 3.63) is 65.5 Å². The number of hydrogen-bond acceptors (Lipinski definition) is 5. The zero-order valence-corrected chi connectivity index (χ0v) is 17.9. The molecule has 0 aliphatic carbocycles. The Hall–Kier alpha value is -3.13. The van der Waals surface area contributed by atoms with E-state index in [4.69, 9.17) is 9.15 Å². The molecule has 0 aromatic carbocycles. The first-order valence-corrected chi connectivity index (χ1v) is 10.3. The summed E-state index contributed by atoms with van der Waals surface area (Å²) in [5, 5.41) is 11.1. The zero-order valence-electron chi connectivity index (χ0n) is 17.9. The molecule has 0 aliphatic rings. The first kappa shape index (κ1) is 21.6. The normalized spacial score (nSPS) is 11.6. The first-order chi connectivity index (χ1) is 14.7. The van der Waals surface area contributed by atoms with Crippen molar-refractivity contribution in [2.75, 3.05) is 19.7 Å². The van der Waals surface area contributed by atoms with Crippen molar-refractivity contribution in [1.82, 2.24) is 25.4 Å². The number of guanidine groups is 1. The van der Waals surface area contributed by atoms with Gasteiger partial charge in [-0.1, -0.05) is 6.07 Å². The Kier molecular flexibility index (Phi) is 8.02. The molecule has 0 saturated carbocycles. The number of aryl methyl sites for hydroxylation is 2. The van der Waals surface area contributed by atoms with E-state index in [0.29, 0.717) is 19.8 Å². The van der Waals surface area contributed by atoms with Gasteiger partial charge in [0.15, 0.2) is 11.8 Å². The topological polar surface area (TPSA) is 89.5 Å². The Labute approximate surface area is 177 Å². The van der Waals surface area contributed by atoms with Crippen LogP contribution in [0.3, 0.4) is 0 Å². The molecule has 0 spiro atoms. The quantitative estimate of drug-likeness (QED) is 0.303. The van der Waals surface area contributed by atoms with Crippen molar-refractivity contribution in [2.45, 2.75) is 40.3 Å². The lowest BCUT2D eigenvalue weighted by Crippen LogP contribution is -2.38. The van der Waals surface area contributed by atoms with E-state index in [1.54, 1.807) is 6.26 Å². The third-order valence-corrected chi connectivity index (χ3v) is 4.38. The van der Waals surface area contributed by atoms with Crippen molar-refractivity contribution in [1.29, 1.82) is 0 Å². The standard InChI is InChI=1S/C22H30N6O2/c1-4-23-22(24-10-6-11-29-16-20-7-5-12-30-20)26-15-19-8-9-21(25-14-19)28-18(3)13-17(2)27-28/h5,7-9,12-14H,4,6,10-11,15-16H2,1-3H3,(H2,23,24,26). The maximum atomic E-state index is 5.60. The largest absolute Gasteiger partial charge is 0.467 e. The highest BCUT2D eigenvalue weighted by molar-refractivity contribution is 5.79. The van der Waals surface area contributed by atoms with E-state index in [9.17, 15) is 0 Å². The van der Waals surface area contributed by atoms with Crippen LogP contribution in [0, 0.1) is 13.8 Å². The molecular weight excluding hydrogens is 380 g/mol. The van der Waals surface area contributed by atoms with Gasteiger partial charge in [-0.3, -0.25) is 0 Å². The van der Waals surface area contributed by atoms with Crippen LogP contribution in [0.2, 0.25) is 0 Å². The Balaban J connectivity index is 1.44. The molecule has 3 heterocycles. The third kappa shape index (κ3) is 6.45. The van der Waals surface area contributed by atoms with Gasteiger partial charge in [0, 0.05) is 31.6 Å². The van der Waals surface area contributed by atoms with Gasteiger partial charge in [0.05, 0.1) is 18.5 Å². The molecule has 30 heavy (non-hydrogen) atoms. The van der Waals surface area contributed by atoms with Crippen molar-refractivity contribution in [3.63, 3.8) is 0 Å². The Morgan fingerprint density at radius 2 is 2.13 bits per heavy atom.